The third-order valence-corrected chi connectivity index (χ3v) is 3.02. The zero-order valence-electron chi connectivity index (χ0n) is 9.80. The van der Waals surface area contributed by atoms with Gasteiger partial charge >= 0.3 is 0 Å². The van der Waals surface area contributed by atoms with E-state index in [1.807, 2.05) is 0 Å². The van der Waals surface area contributed by atoms with E-state index in [4.69, 9.17) is 4.74 Å². The lowest BCUT2D eigenvalue weighted by Gasteiger charge is -2.06. The summed E-state index contributed by atoms with van der Waals surface area (Å²) in [6.45, 7) is 1.48. The van der Waals surface area contributed by atoms with Crippen LogP contribution in [0.15, 0.2) is 0 Å². The van der Waals surface area contributed by atoms with Crippen LogP contribution in [0.1, 0.15) is 64.2 Å². The van der Waals surface area contributed by atoms with Gasteiger partial charge in [0, 0.05) is 19.4 Å². The molecule has 0 saturated carbocycles. The molecule has 1 heterocycles. The average Bonchev–Trinajstić information content (AvgIpc) is 2.24. The van der Waals surface area contributed by atoms with Crippen LogP contribution in [0.4, 0.5) is 0 Å². The van der Waals surface area contributed by atoms with Crippen LogP contribution < -0.4 is 0 Å². The van der Waals surface area contributed by atoms with Crippen molar-refractivity contribution >= 4 is 5.78 Å². The Hall–Kier alpha value is -0.370. The van der Waals surface area contributed by atoms with E-state index in [0.29, 0.717) is 18.8 Å². The van der Waals surface area contributed by atoms with Crippen LogP contribution in [0.3, 0.4) is 0 Å². The Labute approximate surface area is 93.4 Å². The van der Waals surface area contributed by atoms with Gasteiger partial charge in [-0.1, -0.05) is 38.5 Å². The first-order chi connectivity index (χ1) is 7.39. The van der Waals surface area contributed by atoms with Crippen LogP contribution in [0.5, 0.6) is 0 Å². The molecule has 0 radical (unpaired) electrons. The standard InChI is InChI=1S/C13H24O2/c14-13-9-7-5-3-1-2-4-6-8-11-15-12-10-13/h1-12H2. The Kier molecular flexibility index (Phi) is 7.53. The maximum atomic E-state index is 11.4. The molecule has 1 rings (SSSR count). The van der Waals surface area contributed by atoms with E-state index in [2.05, 4.69) is 0 Å². The summed E-state index contributed by atoms with van der Waals surface area (Å²) in [5.41, 5.74) is 0. The lowest BCUT2D eigenvalue weighted by Crippen LogP contribution is -2.05. The lowest BCUT2D eigenvalue weighted by atomic mass is 10.1. The molecule has 2 nitrogen and oxygen atoms in total. The molecule has 88 valence electrons. The van der Waals surface area contributed by atoms with Gasteiger partial charge in [0.15, 0.2) is 0 Å². The molecule has 2 heteroatoms. The highest BCUT2D eigenvalue weighted by molar-refractivity contribution is 5.78. The molecule has 1 fully saturated rings. The minimum absolute atomic E-state index is 0.382. The Morgan fingerprint density at radius 3 is 2.00 bits per heavy atom. The van der Waals surface area contributed by atoms with Gasteiger partial charge in [0.25, 0.3) is 0 Å². The minimum Gasteiger partial charge on any atom is -0.381 e. The highest BCUT2D eigenvalue weighted by atomic mass is 16.5. The molecular weight excluding hydrogens is 188 g/mol. The van der Waals surface area contributed by atoms with Crippen molar-refractivity contribution in [2.24, 2.45) is 0 Å². The minimum atomic E-state index is 0.382. The van der Waals surface area contributed by atoms with Gasteiger partial charge in [-0.05, 0) is 12.8 Å². The predicted molar refractivity (Wildman–Crippen MR) is 62.0 cm³/mol. The molecule has 1 saturated heterocycles. The summed E-state index contributed by atoms with van der Waals surface area (Å²) in [5, 5.41) is 0. The molecule has 0 N–H and O–H groups in total. The Balaban J connectivity index is 2.13. The molecule has 0 aromatic heterocycles. The third kappa shape index (κ3) is 7.55. The molecule has 0 atom stereocenters. The van der Waals surface area contributed by atoms with Crippen molar-refractivity contribution in [1.82, 2.24) is 0 Å². The smallest absolute Gasteiger partial charge is 0.135 e. The van der Waals surface area contributed by atoms with Gasteiger partial charge in [-0.15, -0.1) is 0 Å². The fourth-order valence-corrected chi connectivity index (χ4v) is 2.00. The van der Waals surface area contributed by atoms with E-state index in [1.54, 1.807) is 0 Å². The topological polar surface area (TPSA) is 26.3 Å². The SMILES string of the molecule is O=C1CCCCCCCCCCOCC1. The average molecular weight is 212 g/mol. The van der Waals surface area contributed by atoms with E-state index in [0.717, 1.165) is 25.9 Å². The molecule has 0 spiro atoms. The number of ketones is 1. The van der Waals surface area contributed by atoms with Crippen molar-refractivity contribution in [3.63, 3.8) is 0 Å². The zero-order valence-corrected chi connectivity index (χ0v) is 9.80. The van der Waals surface area contributed by atoms with Crippen molar-refractivity contribution < 1.29 is 9.53 Å². The first-order valence-corrected chi connectivity index (χ1v) is 6.49. The van der Waals surface area contributed by atoms with Crippen LogP contribution >= 0.6 is 0 Å². The lowest BCUT2D eigenvalue weighted by molar-refractivity contribution is -0.120. The van der Waals surface area contributed by atoms with E-state index >= 15 is 0 Å². The first-order valence-electron chi connectivity index (χ1n) is 6.49. The monoisotopic (exact) mass is 212 g/mol. The molecule has 0 bridgehead atoms. The molecular formula is C13H24O2. The molecule has 0 aliphatic carbocycles. The summed E-state index contributed by atoms with van der Waals surface area (Å²) in [4.78, 5) is 11.4. The van der Waals surface area contributed by atoms with Gasteiger partial charge in [-0.2, -0.15) is 0 Å². The number of carbonyl (C=O) groups is 1. The number of hydrogen-bond donors (Lipinski definition) is 0. The van der Waals surface area contributed by atoms with Gasteiger partial charge in [-0.25, -0.2) is 0 Å². The van der Waals surface area contributed by atoms with Crippen molar-refractivity contribution in [3.05, 3.63) is 0 Å². The van der Waals surface area contributed by atoms with Gasteiger partial charge in [0.1, 0.15) is 5.78 Å². The van der Waals surface area contributed by atoms with E-state index in [1.165, 1.54) is 38.5 Å². The summed E-state index contributed by atoms with van der Waals surface area (Å²) < 4.78 is 5.43. The molecule has 1 aliphatic rings. The highest BCUT2D eigenvalue weighted by Crippen LogP contribution is 2.11. The number of Topliss-reactive ketones (excluding diaryl/α,β-unsaturated/α-hetero) is 1. The molecule has 15 heavy (non-hydrogen) atoms. The fourth-order valence-electron chi connectivity index (χ4n) is 2.00. The van der Waals surface area contributed by atoms with Gasteiger partial charge < -0.3 is 4.74 Å². The van der Waals surface area contributed by atoms with E-state index < -0.39 is 0 Å². The summed E-state index contributed by atoms with van der Waals surface area (Å²) in [6, 6.07) is 0. The van der Waals surface area contributed by atoms with Gasteiger partial charge in [-0.3, -0.25) is 4.79 Å². The van der Waals surface area contributed by atoms with Crippen LogP contribution in [0.25, 0.3) is 0 Å². The van der Waals surface area contributed by atoms with Crippen molar-refractivity contribution in [2.75, 3.05) is 13.2 Å². The quantitative estimate of drug-likeness (QED) is 0.614. The zero-order chi connectivity index (χ0) is 10.8. The van der Waals surface area contributed by atoms with Gasteiger partial charge in [0.2, 0.25) is 0 Å². The molecule has 0 aromatic rings. The van der Waals surface area contributed by atoms with Crippen molar-refractivity contribution in [2.45, 2.75) is 64.2 Å². The molecule has 0 amide bonds. The summed E-state index contributed by atoms with van der Waals surface area (Å²) in [5.74, 6) is 0.382. The Bertz CT molecular complexity index is 150. The van der Waals surface area contributed by atoms with Crippen LogP contribution in [0.2, 0.25) is 0 Å². The number of rotatable bonds is 0. The Morgan fingerprint density at radius 2 is 1.27 bits per heavy atom. The Morgan fingerprint density at radius 1 is 0.667 bits per heavy atom. The highest BCUT2D eigenvalue weighted by Gasteiger charge is 2.02. The normalized spacial score (nSPS) is 23.3. The largest absolute Gasteiger partial charge is 0.381 e. The summed E-state index contributed by atoms with van der Waals surface area (Å²) in [6.07, 6.45) is 11.5. The number of carbonyl (C=O) groups excluding carboxylic acids is 1. The summed E-state index contributed by atoms with van der Waals surface area (Å²) in [7, 11) is 0. The number of ether oxygens (including phenoxy) is 1. The van der Waals surface area contributed by atoms with E-state index in [-0.39, 0.29) is 0 Å². The third-order valence-electron chi connectivity index (χ3n) is 3.02. The molecule has 1 aliphatic heterocycles. The first kappa shape index (κ1) is 12.7. The van der Waals surface area contributed by atoms with Crippen LogP contribution in [0, 0.1) is 0 Å². The van der Waals surface area contributed by atoms with E-state index in [9.17, 15) is 4.79 Å². The fraction of sp³-hybridized carbons (Fsp3) is 0.923. The second kappa shape index (κ2) is 8.90. The molecule has 0 unspecified atom stereocenters. The van der Waals surface area contributed by atoms with Crippen molar-refractivity contribution in [3.8, 4) is 0 Å². The van der Waals surface area contributed by atoms with Gasteiger partial charge in [0.05, 0.1) is 6.61 Å². The maximum absolute atomic E-state index is 11.4. The predicted octanol–water partition coefficient (Wildman–Crippen LogP) is 3.49. The number of hydrogen-bond acceptors (Lipinski definition) is 2. The van der Waals surface area contributed by atoms with Crippen LogP contribution in [-0.2, 0) is 9.53 Å². The summed E-state index contributed by atoms with van der Waals surface area (Å²) >= 11 is 0. The second-order valence-electron chi connectivity index (χ2n) is 4.48. The maximum Gasteiger partial charge on any atom is 0.135 e. The second-order valence-corrected chi connectivity index (χ2v) is 4.48. The molecule has 0 aromatic carbocycles. The van der Waals surface area contributed by atoms with Crippen molar-refractivity contribution in [1.29, 1.82) is 0 Å². The van der Waals surface area contributed by atoms with Crippen LogP contribution in [-0.4, -0.2) is 19.0 Å².